The van der Waals surface area contributed by atoms with Gasteiger partial charge in [-0.05, 0) is 29.8 Å². The summed E-state index contributed by atoms with van der Waals surface area (Å²) in [6.45, 7) is 6.62. The van der Waals surface area contributed by atoms with Gasteiger partial charge in [0.15, 0.2) is 0 Å². The van der Waals surface area contributed by atoms with Crippen molar-refractivity contribution < 1.29 is 9.53 Å². The van der Waals surface area contributed by atoms with Gasteiger partial charge in [-0.1, -0.05) is 72.7 Å². The summed E-state index contributed by atoms with van der Waals surface area (Å²) in [5, 5.41) is 0. The molecular weight excluding hydrogens is 312 g/mol. The Morgan fingerprint density at radius 2 is 1.64 bits per heavy atom. The third-order valence-corrected chi connectivity index (χ3v) is 5.95. The van der Waals surface area contributed by atoms with Crippen LogP contribution in [-0.4, -0.2) is 10.7 Å². The second kappa shape index (κ2) is 7.75. The van der Waals surface area contributed by atoms with E-state index < -0.39 is 0 Å². The van der Waals surface area contributed by atoms with Gasteiger partial charge in [0.05, 0.1) is 5.56 Å². The third kappa shape index (κ3) is 5.78. The van der Waals surface area contributed by atoms with E-state index in [2.05, 4.69) is 20.8 Å². The van der Waals surface area contributed by atoms with Gasteiger partial charge in [-0.2, -0.15) is 0 Å². The molecule has 0 aliphatic carbocycles. The first-order chi connectivity index (χ1) is 10.4. The normalized spacial score (nSPS) is 11.2. The predicted molar refractivity (Wildman–Crippen MR) is 96.5 cm³/mol. The van der Waals surface area contributed by atoms with Gasteiger partial charge in [-0.25, -0.2) is 4.79 Å². The molecule has 0 aliphatic heterocycles. The highest BCUT2D eigenvalue weighted by molar-refractivity contribution is 8.76. The van der Waals surface area contributed by atoms with Gasteiger partial charge in [-0.3, -0.25) is 0 Å². The van der Waals surface area contributed by atoms with E-state index in [0.717, 1.165) is 5.75 Å². The highest BCUT2D eigenvalue weighted by Gasteiger charge is 2.11. The molecule has 0 spiro atoms. The molecular formula is C18H20O2S2. The summed E-state index contributed by atoms with van der Waals surface area (Å²) in [5.74, 6) is 1.19. The Bertz CT molecular complexity index is 601. The molecule has 2 aromatic rings. The number of hydrogen-bond donors (Lipinski definition) is 0. The monoisotopic (exact) mass is 332 g/mol. The predicted octanol–water partition coefficient (Wildman–Crippen LogP) is 5.59. The highest BCUT2D eigenvalue weighted by atomic mass is 33.1. The summed E-state index contributed by atoms with van der Waals surface area (Å²) in [7, 11) is 3.71. The first-order valence-corrected chi connectivity index (χ1v) is 9.43. The Morgan fingerprint density at radius 1 is 1.00 bits per heavy atom. The first kappa shape index (κ1) is 17.0. The number of benzene rings is 2. The Balaban J connectivity index is 1.88. The van der Waals surface area contributed by atoms with Crippen LogP contribution in [0.5, 0.6) is 5.75 Å². The van der Waals surface area contributed by atoms with Crippen molar-refractivity contribution in [3.63, 3.8) is 0 Å². The Kier molecular flexibility index (Phi) is 5.98. The fourth-order valence-corrected chi connectivity index (χ4v) is 4.05. The minimum atomic E-state index is -0.328. The fraction of sp³-hybridized carbons (Fsp3) is 0.278. The summed E-state index contributed by atoms with van der Waals surface area (Å²) >= 11 is 0. The highest BCUT2D eigenvalue weighted by Crippen LogP contribution is 2.37. The van der Waals surface area contributed by atoms with Crippen LogP contribution in [0.2, 0.25) is 0 Å². The second-order valence-electron chi connectivity index (χ2n) is 5.86. The molecule has 0 atom stereocenters. The lowest BCUT2D eigenvalue weighted by molar-refractivity contribution is 0.0734. The molecule has 0 aliphatic rings. The maximum absolute atomic E-state index is 12.0. The van der Waals surface area contributed by atoms with Crippen LogP contribution in [0.3, 0.4) is 0 Å². The quantitative estimate of drug-likeness (QED) is 0.405. The van der Waals surface area contributed by atoms with Crippen LogP contribution in [0, 0.1) is 0 Å². The zero-order valence-corrected chi connectivity index (χ0v) is 14.7. The smallest absolute Gasteiger partial charge is 0.343 e. The van der Waals surface area contributed by atoms with Crippen LogP contribution in [0.1, 0.15) is 36.7 Å². The molecule has 2 nitrogen and oxygen atoms in total. The number of rotatable bonds is 5. The number of hydrogen-bond acceptors (Lipinski definition) is 4. The summed E-state index contributed by atoms with van der Waals surface area (Å²) in [6.07, 6.45) is 0. The topological polar surface area (TPSA) is 26.3 Å². The van der Waals surface area contributed by atoms with E-state index in [1.165, 1.54) is 5.56 Å². The maximum atomic E-state index is 12.0. The third-order valence-electron chi connectivity index (χ3n) is 2.68. The number of ether oxygens (including phenoxy) is 1. The van der Waals surface area contributed by atoms with Crippen molar-refractivity contribution in [1.82, 2.24) is 0 Å². The van der Waals surface area contributed by atoms with E-state index in [4.69, 9.17) is 4.74 Å². The molecule has 2 aromatic carbocycles. The molecule has 22 heavy (non-hydrogen) atoms. The molecule has 0 N–H and O–H groups in total. The molecule has 0 radical (unpaired) electrons. The number of carbonyl (C=O) groups is 1. The maximum Gasteiger partial charge on any atom is 0.343 e. The van der Waals surface area contributed by atoms with E-state index in [-0.39, 0.29) is 10.7 Å². The lowest BCUT2D eigenvalue weighted by atomic mass is 10.2. The van der Waals surface area contributed by atoms with Crippen molar-refractivity contribution >= 4 is 27.6 Å². The lowest BCUT2D eigenvalue weighted by Gasteiger charge is -2.16. The molecule has 4 heteroatoms. The number of esters is 1. The fourth-order valence-electron chi connectivity index (χ4n) is 1.67. The van der Waals surface area contributed by atoms with Crippen LogP contribution in [0.25, 0.3) is 0 Å². The molecule has 0 saturated carbocycles. The van der Waals surface area contributed by atoms with Crippen LogP contribution in [0.4, 0.5) is 0 Å². The van der Waals surface area contributed by atoms with E-state index in [0.29, 0.717) is 11.3 Å². The van der Waals surface area contributed by atoms with Gasteiger partial charge < -0.3 is 4.74 Å². The summed E-state index contributed by atoms with van der Waals surface area (Å²) in [5.41, 5.74) is 1.78. The molecule has 0 heterocycles. The van der Waals surface area contributed by atoms with Crippen LogP contribution >= 0.6 is 21.6 Å². The molecule has 0 fully saturated rings. The average Bonchev–Trinajstić information content (AvgIpc) is 2.49. The zero-order chi connectivity index (χ0) is 16.0. The van der Waals surface area contributed by atoms with E-state index >= 15 is 0 Å². The van der Waals surface area contributed by atoms with Crippen molar-refractivity contribution in [3.8, 4) is 5.75 Å². The van der Waals surface area contributed by atoms with Gasteiger partial charge in [0.2, 0.25) is 0 Å². The van der Waals surface area contributed by atoms with Gasteiger partial charge in [-0.15, -0.1) is 0 Å². The van der Waals surface area contributed by atoms with Crippen molar-refractivity contribution in [3.05, 3.63) is 65.7 Å². The Morgan fingerprint density at radius 3 is 2.23 bits per heavy atom. The summed E-state index contributed by atoms with van der Waals surface area (Å²) in [4.78, 5) is 12.0. The van der Waals surface area contributed by atoms with Gasteiger partial charge in [0, 0.05) is 10.5 Å². The van der Waals surface area contributed by atoms with E-state index in [1.54, 1.807) is 12.1 Å². The van der Waals surface area contributed by atoms with E-state index in [1.807, 2.05) is 64.1 Å². The van der Waals surface area contributed by atoms with Crippen molar-refractivity contribution in [1.29, 1.82) is 0 Å². The molecule has 116 valence electrons. The second-order valence-corrected chi connectivity index (χ2v) is 8.98. The van der Waals surface area contributed by atoms with Crippen molar-refractivity contribution in [2.24, 2.45) is 0 Å². The minimum absolute atomic E-state index is 0.260. The lowest BCUT2D eigenvalue weighted by Crippen LogP contribution is -2.08. The van der Waals surface area contributed by atoms with Gasteiger partial charge in [0.1, 0.15) is 5.75 Å². The molecule has 0 aromatic heterocycles. The molecule has 0 saturated heterocycles. The van der Waals surface area contributed by atoms with Gasteiger partial charge >= 0.3 is 5.97 Å². The number of carbonyl (C=O) groups excluding carboxylic acids is 1. The first-order valence-electron chi connectivity index (χ1n) is 7.11. The average molecular weight is 332 g/mol. The molecule has 0 amide bonds. The molecule has 2 rings (SSSR count). The zero-order valence-electron chi connectivity index (χ0n) is 13.0. The van der Waals surface area contributed by atoms with Crippen molar-refractivity contribution in [2.45, 2.75) is 31.3 Å². The standard InChI is InChI=1S/C18H20O2S2/c1-18(2,3)22-21-13-14-9-11-16(12-10-14)20-17(19)15-7-5-4-6-8-15/h4-12H,13H2,1-3H3. The largest absolute Gasteiger partial charge is 0.423 e. The Hall–Kier alpha value is -1.39. The molecule has 0 bridgehead atoms. The summed E-state index contributed by atoms with van der Waals surface area (Å²) < 4.78 is 5.62. The van der Waals surface area contributed by atoms with E-state index in [9.17, 15) is 4.79 Å². The van der Waals surface area contributed by atoms with Gasteiger partial charge in [0.25, 0.3) is 0 Å². The van der Waals surface area contributed by atoms with Crippen LogP contribution in [0.15, 0.2) is 54.6 Å². The Labute approximate surface area is 140 Å². The van der Waals surface area contributed by atoms with Crippen LogP contribution < -0.4 is 4.74 Å². The van der Waals surface area contributed by atoms with Crippen molar-refractivity contribution in [2.75, 3.05) is 0 Å². The van der Waals surface area contributed by atoms with Crippen LogP contribution in [-0.2, 0) is 5.75 Å². The summed E-state index contributed by atoms with van der Waals surface area (Å²) in [6, 6.07) is 16.7. The molecule has 0 unspecified atom stereocenters. The minimum Gasteiger partial charge on any atom is -0.423 e. The SMILES string of the molecule is CC(C)(C)SSCc1ccc(OC(=O)c2ccccc2)cc1.